The van der Waals surface area contributed by atoms with Crippen LogP contribution in [0.25, 0.3) is 5.57 Å². The average Bonchev–Trinajstić information content (AvgIpc) is 2.47. The Kier molecular flexibility index (Phi) is 5.27. The second-order valence-electron chi connectivity index (χ2n) is 6.15. The molecular formula is C20H28O. The van der Waals surface area contributed by atoms with Crippen molar-refractivity contribution in [2.24, 2.45) is 0 Å². The summed E-state index contributed by atoms with van der Waals surface area (Å²) in [6, 6.07) is 8.36. The first-order valence-corrected chi connectivity index (χ1v) is 8.28. The summed E-state index contributed by atoms with van der Waals surface area (Å²) in [6.07, 6.45) is 10.6. The predicted octanol–water partition coefficient (Wildman–Crippen LogP) is 6.16. The van der Waals surface area contributed by atoms with Crippen LogP contribution < -0.4 is 4.74 Å². The molecule has 0 unspecified atom stereocenters. The molecule has 114 valence electrons. The Balaban J connectivity index is 2.34. The van der Waals surface area contributed by atoms with E-state index in [0.29, 0.717) is 0 Å². The van der Waals surface area contributed by atoms with Crippen LogP contribution in [0.2, 0.25) is 0 Å². The molecule has 1 aliphatic rings. The number of ether oxygens (including phenoxy) is 1. The van der Waals surface area contributed by atoms with Crippen molar-refractivity contribution >= 4 is 5.57 Å². The minimum Gasteiger partial charge on any atom is -0.478 e. The third-order valence-electron chi connectivity index (χ3n) is 4.24. The van der Waals surface area contributed by atoms with E-state index in [1.807, 2.05) is 0 Å². The fourth-order valence-corrected chi connectivity index (χ4v) is 3.03. The first kappa shape index (κ1) is 15.9. The van der Waals surface area contributed by atoms with Gasteiger partial charge in [-0.25, -0.2) is 0 Å². The molecule has 0 amide bonds. The normalized spacial score (nSPS) is 21.5. The smallest absolute Gasteiger partial charge is 0.146 e. The molecule has 0 spiro atoms. The molecule has 0 radical (unpaired) electrons. The number of benzene rings is 1. The molecule has 1 nitrogen and oxygen atoms in total. The van der Waals surface area contributed by atoms with Crippen LogP contribution in [0.4, 0.5) is 0 Å². The molecule has 1 aliphatic heterocycles. The van der Waals surface area contributed by atoms with Crippen molar-refractivity contribution in [2.75, 3.05) is 0 Å². The maximum Gasteiger partial charge on any atom is 0.146 e. The van der Waals surface area contributed by atoms with Crippen LogP contribution in [-0.4, -0.2) is 5.60 Å². The van der Waals surface area contributed by atoms with E-state index in [9.17, 15) is 0 Å². The van der Waals surface area contributed by atoms with Gasteiger partial charge in [-0.2, -0.15) is 0 Å². The Labute approximate surface area is 129 Å². The fourth-order valence-electron chi connectivity index (χ4n) is 3.03. The Bertz CT molecular complexity index is 539. The number of hydrogen-bond donors (Lipinski definition) is 0. The van der Waals surface area contributed by atoms with Crippen molar-refractivity contribution in [3.63, 3.8) is 0 Å². The Morgan fingerprint density at radius 2 is 1.95 bits per heavy atom. The highest BCUT2D eigenvalue weighted by Gasteiger charge is 2.32. The zero-order chi connectivity index (χ0) is 15.3. The van der Waals surface area contributed by atoms with E-state index in [1.54, 1.807) is 0 Å². The van der Waals surface area contributed by atoms with E-state index in [1.165, 1.54) is 36.0 Å². The first-order chi connectivity index (χ1) is 10.1. The molecule has 0 saturated heterocycles. The van der Waals surface area contributed by atoms with Crippen LogP contribution in [0, 0.1) is 0 Å². The molecule has 0 fully saturated rings. The Hall–Kier alpha value is -1.50. The number of rotatable bonds is 6. The molecule has 0 aromatic heterocycles. The summed E-state index contributed by atoms with van der Waals surface area (Å²) in [5.74, 6) is 1.01. The fraction of sp³-hybridized carbons (Fsp3) is 0.500. The number of hydrogen-bond acceptors (Lipinski definition) is 1. The van der Waals surface area contributed by atoms with Gasteiger partial charge in [-0.1, -0.05) is 51.0 Å². The van der Waals surface area contributed by atoms with Gasteiger partial charge < -0.3 is 4.74 Å². The molecule has 21 heavy (non-hydrogen) atoms. The lowest BCUT2D eigenvalue weighted by Gasteiger charge is -2.36. The van der Waals surface area contributed by atoms with Crippen molar-refractivity contribution in [2.45, 2.75) is 65.4 Å². The maximum absolute atomic E-state index is 6.40. The largest absolute Gasteiger partial charge is 0.478 e. The molecular weight excluding hydrogens is 256 g/mol. The average molecular weight is 284 g/mol. The topological polar surface area (TPSA) is 9.23 Å². The first-order valence-electron chi connectivity index (χ1n) is 8.28. The minimum absolute atomic E-state index is 0.289. The van der Waals surface area contributed by atoms with Crippen LogP contribution in [0.1, 0.15) is 65.4 Å². The second kappa shape index (κ2) is 6.98. The highest BCUT2D eigenvalue weighted by Crippen LogP contribution is 2.40. The summed E-state index contributed by atoms with van der Waals surface area (Å²) in [5.41, 5.74) is 3.68. The molecule has 1 aromatic rings. The van der Waals surface area contributed by atoms with Gasteiger partial charge in [-0.05, 0) is 56.4 Å². The van der Waals surface area contributed by atoms with Gasteiger partial charge in [0, 0.05) is 5.56 Å². The summed E-state index contributed by atoms with van der Waals surface area (Å²) in [4.78, 5) is 0. The summed E-state index contributed by atoms with van der Waals surface area (Å²) in [6.45, 7) is 8.88. The molecule has 1 aromatic carbocycles. The van der Waals surface area contributed by atoms with Crippen molar-refractivity contribution in [1.82, 2.24) is 0 Å². The van der Waals surface area contributed by atoms with Crippen molar-refractivity contribution < 1.29 is 4.74 Å². The van der Waals surface area contributed by atoms with Crippen molar-refractivity contribution in [1.29, 1.82) is 0 Å². The van der Waals surface area contributed by atoms with Crippen LogP contribution in [0.3, 0.4) is 0 Å². The number of unbranched alkanes of at least 4 members (excludes halogenated alkanes) is 2. The van der Waals surface area contributed by atoms with Gasteiger partial charge in [0.2, 0.25) is 0 Å². The lowest BCUT2D eigenvalue weighted by molar-refractivity contribution is 0.170. The van der Waals surface area contributed by atoms with E-state index >= 15 is 0 Å². The molecule has 1 atom stereocenters. The van der Waals surface area contributed by atoms with Gasteiger partial charge in [0.05, 0.1) is 0 Å². The molecule has 0 N–H and O–H groups in total. The lowest BCUT2D eigenvalue weighted by Crippen LogP contribution is -2.35. The Morgan fingerprint density at radius 3 is 2.67 bits per heavy atom. The standard InChI is InChI=1S/C20H28O/c1-5-7-11-17(12-8-6-2)20(4)15-16(3)18-13-9-10-14-19(18)21-20/h9-11,13-15H,5-8,12H2,1-4H3/b17-11+/t20-/m1/s1. The van der Waals surface area contributed by atoms with Crippen LogP contribution >= 0.6 is 0 Å². The van der Waals surface area contributed by atoms with Gasteiger partial charge in [0.15, 0.2) is 0 Å². The molecule has 1 heterocycles. The molecule has 2 rings (SSSR count). The summed E-state index contributed by atoms with van der Waals surface area (Å²) in [5, 5.41) is 0. The molecule has 1 heteroatoms. The van der Waals surface area contributed by atoms with Crippen molar-refractivity contribution in [3.8, 4) is 5.75 Å². The summed E-state index contributed by atoms with van der Waals surface area (Å²) in [7, 11) is 0. The zero-order valence-corrected chi connectivity index (χ0v) is 13.9. The van der Waals surface area contributed by atoms with E-state index in [-0.39, 0.29) is 5.60 Å². The monoisotopic (exact) mass is 284 g/mol. The summed E-state index contributed by atoms with van der Waals surface area (Å²) < 4.78 is 6.40. The number of para-hydroxylation sites is 1. The van der Waals surface area contributed by atoms with Gasteiger partial charge >= 0.3 is 0 Å². The zero-order valence-electron chi connectivity index (χ0n) is 13.9. The Morgan fingerprint density at radius 1 is 1.19 bits per heavy atom. The van der Waals surface area contributed by atoms with Crippen LogP contribution in [0.15, 0.2) is 42.0 Å². The van der Waals surface area contributed by atoms with E-state index < -0.39 is 0 Å². The van der Waals surface area contributed by atoms with Crippen LogP contribution in [0.5, 0.6) is 5.75 Å². The lowest BCUT2D eigenvalue weighted by atomic mass is 9.85. The predicted molar refractivity (Wildman–Crippen MR) is 91.6 cm³/mol. The highest BCUT2D eigenvalue weighted by atomic mass is 16.5. The molecule has 0 aliphatic carbocycles. The maximum atomic E-state index is 6.40. The van der Waals surface area contributed by atoms with Crippen LogP contribution in [-0.2, 0) is 0 Å². The SMILES string of the molecule is CCC/C=C(\CCCC)[C@@]1(C)C=C(C)c2ccccc2O1. The second-order valence-corrected chi connectivity index (χ2v) is 6.15. The molecule has 0 saturated carbocycles. The van der Waals surface area contributed by atoms with E-state index in [2.05, 4.69) is 64.1 Å². The minimum atomic E-state index is -0.289. The molecule has 0 bridgehead atoms. The number of fused-ring (bicyclic) bond motifs is 1. The highest BCUT2D eigenvalue weighted by molar-refractivity contribution is 5.72. The van der Waals surface area contributed by atoms with Gasteiger partial charge in [-0.3, -0.25) is 0 Å². The van der Waals surface area contributed by atoms with E-state index in [4.69, 9.17) is 4.74 Å². The summed E-state index contributed by atoms with van der Waals surface area (Å²) >= 11 is 0. The quantitative estimate of drug-likeness (QED) is 0.569. The van der Waals surface area contributed by atoms with Crippen molar-refractivity contribution in [3.05, 3.63) is 47.6 Å². The van der Waals surface area contributed by atoms with Gasteiger partial charge in [-0.15, -0.1) is 0 Å². The third kappa shape index (κ3) is 3.58. The van der Waals surface area contributed by atoms with E-state index in [0.717, 1.165) is 18.6 Å². The van der Waals surface area contributed by atoms with Gasteiger partial charge in [0.1, 0.15) is 11.4 Å². The third-order valence-corrected chi connectivity index (χ3v) is 4.24. The van der Waals surface area contributed by atoms with Gasteiger partial charge in [0.25, 0.3) is 0 Å². The number of allylic oxidation sites excluding steroid dienone is 2.